The molecule has 0 saturated heterocycles. The topological polar surface area (TPSA) is 70.7 Å². The molecule has 1 saturated carbocycles. The minimum atomic E-state index is 0.195. The van der Waals surface area contributed by atoms with Crippen LogP contribution in [0.2, 0.25) is 0 Å². The Morgan fingerprint density at radius 2 is 2.13 bits per heavy atom. The van der Waals surface area contributed by atoms with Gasteiger partial charge in [0.1, 0.15) is 0 Å². The molecule has 6 heteroatoms. The Kier molecular flexibility index (Phi) is 5.20. The molecule has 1 heterocycles. The number of benzene rings is 1. The second-order valence-corrected chi connectivity index (χ2v) is 7.21. The lowest BCUT2D eigenvalue weighted by molar-refractivity contribution is -0.125. The van der Waals surface area contributed by atoms with E-state index in [2.05, 4.69) is 32.3 Å². The Balaban J connectivity index is 1.52. The van der Waals surface area contributed by atoms with Gasteiger partial charge in [-0.05, 0) is 36.6 Å². The van der Waals surface area contributed by atoms with Gasteiger partial charge in [0, 0.05) is 30.0 Å². The first-order valence-electron chi connectivity index (χ1n) is 8.29. The van der Waals surface area contributed by atoms with Crippen LogP contribution < -0.4 is 11.1 Å². The van der Waals surface area contributed by atoms with Gasteiger partial charge in [-0.2, -0.15) is 0 Å². The van der Waals surface area contributed by atoms with Crippen molar-refractivity contribution in [2.24, 2.45) is 16.6 Å². The Labute approximate surface area is 145 Å². The summed E-state index contributed by atoms with van der Waals surface area (Å²) < 4.78 is 1.04. The average molecular weight is 379 g/mol. The van der Waals surface area contributed by atoms with E-state index in [0.29, 0.717) is 19.0 Å². The highest BCUT2D eigenvalue weighted by molar-refractivity contribution is 9.10. The number of carbonyl (C=O) groups is 1. The molecule has 1 aromatic rings. The van der Waals surface area contributed by atoms with E-state index >= 15 is 0 Å². The van der Waals surface area contributed by atoms with Crippen LogP contribution in [0.4, 0.5) is 5.69 Å². The summed E-state index contributed by atoms with van der Waals surface area (Å²) >= 11 is 3.49. The fourth-order valence-corrected chi connectivity index (χ4v) is 3.70. The van der Waals surface area contributed by atoms with Crippen molar-refractivity contribution in [1.29, 1.82) is 0 Å². The molecule has 23 heavy (non-hydrogen) atoms. The first-order valence-corrected chi connectivity index (χ1v) is 9.08. The zero-order chi connectivity index (χ0) is 16.2. The van der Waals surface area contributed by atoms with Crippen molar-refractivity contribution in [3.63, 3.8) is 0 Å². The molecular formula is C17H23BrN4O. The van der Waals surface area contributed by atoms with Gasteiger partial charge in [0.25, 0.3) is 0 Å². The molecule has 5 nitrogen and oxygen atoms in total. The van der Waals surface area contributed by atoms with E-state index in [1.54, 1.807) is 0 Å². The predicted molar refractivity (Wildman–Crippen MR) is 95.4 cm³/mol. The monoisotopic (exact) mass is 378 g/mol. The van der Waals surface area contributed by atoms with E-state index in [4.69, 9.17) is 5.73 Å². The Morgan fingerprint density at radius 3 is 2.91 bits per heavy atom. The maximum atomic E-state index is 12.2. The number of carbonyl (C=O) groups excluding carboxylic acids is 1. The van der Waals surface area contributed by atoms with Gasteiger partial charge in [-0.1, -0.05) is 35.2 Å². The second-order valence-electron chi connectivity index (χ2n) is 6.29. The first kappa shape index (κ1) is 16.3. The van der Waals surface area contributed by atoms with Crippen LogP contribution in [0.25, 0.3) is 0 Å². The van der Waals surface area contributed by atoms with Gasteiger partial charge < -0.3 is 16.0 Å². The molecule has 1 aliphatic carbocycles. The number of nitrogens with two attached hydrogens (primary N) is 1. The van der Waals surface area contributed by atoms with Crippen molar-refractivity contribution >= 4 is 33.5 Å². The lowest BCUT2D eigenvalue weighted by atomic mass is 9.89. The van der Waals surface area contributed by atoms with Gasteiger partial charge in [-0.25, -0.2) is 4.99 Å². The largest absolute Gasteiger partial charge is 0.369 e. The molecule has 3 rings (SSSR count). The lowest BCUT2D eigenvalue weighted by Crippen LogP contribution is -2.44. The standard InChI is InChI=1S/C17H23BrN4O/c18-14-6-7-15-13(10-14)11-22(17(19)21-15)9-8-20-16(23)12-4-2-1-3-5-12/h6-7,10,12H,1-5,8-9,11H2,(H2,19,21)(H,20,23). The molecule has 0 atom stereocenters. The van der Waals surface area contributed by atoms with E-state index < -0.39 is 0 Å². The van der Waals surface area contributed by atoms with E-state index in [1.807, 2.05) is 17.0 Å². The SMILES string of the molecule is NC1=Nc2ccc(Br)cc2CN1CCNC(=O)C1CCCCC1. The van der Waals surface area contributed by atoms with E-state index in [9.17, 15) is 4.79 Å². The maximum absolute atomic E-state index is 12.2. The molecule has 0 unspecified atom stereocenters. The van der Waals surface area contributed by atoms with Gasteiger partial charge in [-0.3, -0.25) is 4.79 Å². The molecule has 0 radical (unpaired) electrons. The predicted octanol–water partition coefficient (Wildman–Crippen LogP) is 2.91. The molecule has 1 aliphatic heterocycles. The second kappa shape index (κ2) is 7.34. The molecular weight excluding hydrogens is 356 g/mol. The molecule has 124 valence electrons. The number of hydrogen-bond donors (Lipinski definition) is 2. The van der Waals surface area contributed by atoms with Gasteiger partial charge >= 0.3 is 0 Å². The molecule has 0 spiro atoms. The number of amides is 1. The molecule has 0 aromatic heterocycles. The number of nitrogens with zero attached hydrogens (tertiary/aromatic N) is 2. The highest BCUT2D eigenvalue weighted by Gasteiger charge is 2.22. The highest BCUT2D eigenvalue weighted by atomic mass is 79.9. The summed E-state index contributed by atoms with van der Waals surface area (Å²) in [5, 5.41) is 3.06. The summed E-state index contributed by atoms with van der Waals surface area (Å²) in [5.74, 6) is 0.917. The van der Waals surface area contributed by atoms with Crippen LogP contribution in [0.1, 0.15) is 37.7 Å². The number of halogens is 1. The van der Waals surface area contributed by atoms with Crippen LogP contribution in [0, 0.1) is 5.92 Å². The summed E-state index contributed by atoms with van der Waals surface area (Å²) in [6.07, 6.45) is 5.67. The van der Waals surface area contributed by atoms with E-state index in [1.165, 1.54) is 19.3 Å². The third-order valence-corrected chi connectivity index (χ3v) is 5.11. The van der Waals surface area contributed by atoms with Crippen molar-refractivity contribution in [2.45, 2.75) is 38.6 Å². The number of rotatable bonds is 4. The normalized spacial score (nSPS) is 18.3. The molecule has 2 aliphatic rings. The van der Waals surface area contributed by atoms with Gasteiger partial charge in [0.15, 0.2) is 5.96 Å². The Bertz CT molecular complexity index is 611. The zero-order valence-electron chi connectivity index (χ0n) is 13.2. The molecule has 3 N–H and O–H groups in total. The summed E-state index contributed by atoms with van der Waals surface area (Å²) in [7, 11) is 0. The number of guanidine groups is 1. The number of nitrogens with one attached hydrogen (secondary N) is 1. The number of fused-ring (bicyclic) bond motifs is 1. The number of aliphatic imine (C=N–C) groups is 1. The van der Waals surface area contributed by atoms with Crippen LogP contribution in [-0.2, 0) is 11.3 Å². The van der Waals surface area contributed by atoms with Gasteiger partial charge in [0.2, 0.25) is 5.91 Å². The van der Waals surface area contributed by atoms with Crippen molar-refractivity contribution in [3.8, 4) is 0 Å². The zero-order valence-corrected chi connectivity index (χ0v) is 14.8. The average Bonchev–Trinajstić information content (AvgIpc) is 2.56. The van der Waals surface area contributed by atoms with Crippen molar-refractivity contribution < 1.29 is 4.79 Å². The first-order chi connectivity index (χ1) is 11.1. The van der Waals surface area contributed by atoms with Crippen LogP contribution in [0.15, 0.2) is 27.7 Å². The summed E-state index contributed by atoms with van der Waals surface area (Å²) in [6, 6.07) is 6.00. The van der Waals surface area contributed by atoms with Crippen LogP contribution in [0.5, 0.6) is 0 Å². The molecule has 1 fully saturated rings. The third kappa shape index (κ3) is 4.05. The third-order valence-electron chi connectivity index (χ3n) is 4.62. The minimum absolute atomic E-state index is 0.195. The van der Waals surface area contributed by atoms with Crippen LogP contribution >= 0.6 is 15.9 Å². The highest BCUT2D eigenvalue weighted by Crippen LogP contribution is 2.28. The fourth-order valence-electron chi connectivity index (χ4n) is 3.29. The van der Waals surface area contributed by atoms with Crippen molar-refractivity contribution in [2.75, 3.05) is 13.1 Å². The van der Waals surface area contributed by atoms with Crippen molar-refractivity contribution in [3.05, 3.63) is 28.2 Å². The molecule has 0 bridgehead atoms. The van der Waals surface area contributed by atoms with Gasteiger partial charge in [0.05, 0.1) is 5.69 Å². The summed E-state index contributed by atoms with van der Waals surface area (Å²) in [6.45, 7) is 2.01. The fraction of sp³-hybridized carbons (Fsp3) is 0.529. The Morgan fingerprint density at radius 1 is 1.35 bits per heavy atom. The minimum Gasteiger partial charge on any atom is -0.369 e. The van der Waals surface area contributed by atoms with E-state index in [-0.39, 0.29) is 11.8 Å². The molecule has 1 aromatic carbocycles. The number of hydrogen-bond acceptors (Lipinski definition) is 4. The van der Waals surface area contributed by atoms with E-state index in [0.717, 1.165) is 35.1 Å². The van der Waals surface area contributed by atoms with Crippen molar-refractivity contribution in [1.82, 2.24) is 10.2 Å². The Hall–Kier alpha value is -1.56. The van der Waals surface area contributed by atoms with Crippen LogP contribution in [0.3, 0.4) is 0 Å². The summed E-state index contributed by atoms with van der Waals surface area (Å²) in [5.41, 5.74) is 8.11. The maximum Gasteiger partial charge on any atom is 0.223 e. The molecule has 1 amide bonds. The quantitative estimate of drug-likeness (QED) is 0.845. The lowest BCUT2D eigenvalue weighted by Gasteiger charge is -2.28. The van der Waals surface area contributed by atoms with Gasteiger partial charge in [-0.15, -0.1) is 0 Å². The van der Waals surface area contributed by atoms with Crippen LogP contribution in [-0.4, -0.2) is 29.9 Å². The smallest absolute Gasteiger partial charge is 0.223 e. The summed E-state index contributed by atoms with van der Waals surface area (Å²) in [4.78, 5) is 18.6.